The minimum atomic E-state index is -0.280. The zero-order valence-corrected chi connectivity index (χ0v) is 34.1. The van der Waals surface area contributed by atoms with Crippen LogP contribution in [0, 0.1) is 32.9 Å². The van der Waals surface area contributed by atoms with Gasteiger partial charge in [0.25, 0.3) is 0 Å². The van der Waals surface area contributed by atoms with Crippen LogP contribution < -0.4 is 4.90 Å². The van der Waals surface area contributed by atoms with Gasteiger partial charge in [-0.05, 0) is 65.9 Å². The topological polar surface area (TPSA) is 38.9 Å². The molecule has 9 rings (SSSR count). The molecule has 0 saturated carbocycles. The second-order valence-corrected chi connectivity index (χ2v) is 14.9. The maximum absolute atomic E-state index is 5.54. The first-order chi connectivity index (χ1) is 26.2. The summed E-state index contributed by atoms with van der Waals surface area (Å²) in [6.45, 7) is 11.2. The summed E-state index contributed by atoms with van der Waals surface area (Å²) >= 11 is 0. The van der Waals surface area contributed by atoms with E-state index in [1.807, 2.05) is 24.0 Å². The van der Waals surface area contributed by atoms with E-state index < -0.39 is 0 Å². The summed E-state index contributed by atoms with van der Waals surface area (Å²) in [5.41, 5.74) is 17.1. The fraction of sp³-hybridized carbons (Fsp3) is 0.143. The van der Waals surface area contributed by atoms with Crippen molar-refractivity contribution in [3.63, 3.8) is 0 Å². The Balaban J connectivity index is 0.00000427. The number of nitrogens with zero attached hydrogens (tertiary/aromatic N) is 5. The molecule has 3 heterocycles. The summed E-state index contributed by atoms with van der Waals surface area (Å²) in [6.07, 6.45) is 3.80. The van der Waals surface area contributed by atoms with E-state index >= 15 is 0 Å². The van der Waals surface area contributed by atoms with Crippen molar-refractivity contribution in [3.05, 3.63) is 180 Å². The Morgan fingerprint density at radius 2 is 1.31 bits per heavy atom. The first kappa shape index (κ1) is 36.2. The van der Waals surface area contributed by atoms with Gasteiger partial charge in [-0.2, -0.15) is 11.2 Å². The average Bonchev–Trinajstić information content (AvgIpc) is 3.79. The van der Waals surface area contributed by atoms with Crippen molar-refractivity contribution in [3.8, 4) is 50.7 Å². The number of anilines is 3. The average molecular weight is 895 g/mol. The quantitative estimate of drug-likeness (QED) is 0.156. The molecule has 0 unspecified atom stereocenters. The molecule has 0 atom stereocenters. The third-order valence-electron chi connectivity index (χ3n) is 10.8. The van der Waals surface area contributed by atoms with Gasteiger partial charge in [-0.25, -0.2) is 0 Å². The molecule has 0 aliphatic carbocycles. The largest absolute Gasteiger partial charge is 2.00 e. The Hall–Kier alpha value is -5.77. The molecule has 55 heavy (non-hydrogen) atoms. The molecule has 1 aliphatic rings. The van der Waals surface area contributed by atoms with E-state index in [0.29, 0.717) is 0 Å². The van der Waals surface area contributed by atoms with Gasteiger partial charge in [0.2, 0.25) is 0 Å². The van der Waals surface area contributed by atoms with Gasteiger partial charge in [0.05, 0.1) is 11.5 Å². The Morgan fingerprint density at radius 3 is 2.00 bits per heavy atom. The molecule has 0 radical (unpaired) electrons. The van der Waals surface area contributed by atoms with E-state index in [9.17, 15) is 0 Å². The number of benzene rings is 6. The number of rotatable bonds is 6. The fourth-order valence-corrected chi connectivity index (χ4v) is 8.40. The fourth-order valence-electron chi connectivity index (χ4n) is 8.40. The molecule has 0 fully saturated rings. The van der Waals surface area contributed by atoms with Gasteiger partial charge in [-0.3, -0.25) is 9.67 Å². The summed E-state index contributed by atoms with van der Waals surface area (Å²) in [7, 11) is 2.02. The van der Waals surface area contributed by atoms with Crippen molar-refractivity contribution in [2.24, 2.45) is 7.05 Å². The van der Waals surface area contributed by atoms with Gasteiger partial charge in [0.15, 0.2) is 0 Å². The smallest absolute Gasteiger partial charge is 0.373 e. The number of fused-ring (bicyclic) bond motifs is 2. The number of aromatic nitrogens is 4. The van der Waals surface area contributed by atoms with Crippen molar-refractivity contribution in [1.29, 1.82) is 0 Å². The van der Waals surface area contributed by atoms with Crippen LogP contribution in [0.2, 0.25) is 0 Å². The van der Waals surface area contributed by atoms with Crippen LogP contribution in [0.1, 0.15) is 41.7 Å². The maximum Gasteiger partial charge on any atom is 2.00 e. The molecule has 272 valence electrons. The van der Waals surface area contributed by atoms with Crippen LogP contribution in [0.4, 0.5) is 17.1 Å². The molecule has 0 saturated heterocycles. The van der Waals surface area contributed by atoms with E-state index in [-0.39, 0.29) is 26.5 Å². The van der Waals surface area contributed by atoms with E-state index in [2.05, 4.69) is 189 Å². The minimum Gasteiger partial charge on any atom is -0.373 e. The molecule has 0 bridgehead atoms. The first-order valence-electron chi connectivity index (χ1n) is 18.5. The summed E-state index contributed by atoms with van der Waals surface area (Å²) in [4.78, 5) is 6.96. The van der Waals surface area contributed by atoms with Crippen LogP contribution in [0.15, 0.2) is 140 Å². The number of imidazole rings is 1. The Bertz CT molecular complexity index is 2660. The SMILES string of the molecule is Cc1cc(C)c(-c2c(-c3ccccc3)nn(-c3[c-]c4c(cc3)C(C)(C)c3ccccc3N4c3[c-]c(-c4nccn4C)ccc3)c2-c2ccccc2)c(C)c1.[Pt+2]. The normalized spacial score (nSPS) is 12.9. The molecular formula is C49H41N5Pt. The number of hydrogen-bond acceptors (Lipinski definition) is 3. The van der Waals surface area contributed by atoms with Gasteiger partial charge in [0.1, 0.15) is 5.69 Å². The third-order valence-corrected chi connectivity index (χ3v) is 10.8. The van der Waals surface area contributed by atoms with E-state index in [1.165, 1.54) is 33.4 Å². The second-order valence-electron chi connectivity index (χ2n) is 14.9. The summed E-state index contributed by atoms with van der Waals surface area (Å²) in [5, 5.41) is 5.54. The zero-order chi connectivity index (χ0) is 37.1. The van der Waals surface area contributed by atoms with Crippen LogP contribution in [-0.2, 0) is 33.5 Å². The summed E-state index contributed by atoms with van der Waals surface area (Å²) in [6, 6.07) is 52.9. The van der Waals surface area contributed by atoms with Gasteiger partial charge in [-0.15, -0.1) is 47.5 Å². The Labute approximate surface area is 338 Å². The number of para-hydroxylation sites is 1. The second kappa shape index (κ2) is 14.1. The summed E-state index contributed by atoms with van der Waals surface area (Å²) in [5.74, 6) is 0.868. The number of hydrogen-bond donors (Lipinski definition) is 0. The monoisotopic (exact) mass is 894 g/mol. The molecule has 2 aromatic heterocycles. The molecule has 5 nitrogen and oxygen atoms in total. The zero-order valence-electron chi connectivity index (χ0n) is 31.8. The molecule has 0 spiro atoms. The van der Waals surface area contributed by atoms with Gasteiger partial charge >= 0.3 is 21.1 Å². The van der Waals surface area contributed by atoms with Gasteiger partial charge < -0.3 is 9.47 Å². The predicted octanol–water partition coefficient (Wildman–Crippen LogP) is 11.9. The van der Waals surface area contributed by atoms with Crippen molar-refractivity contribution in [2.75, 3.05) is 4.90 Å². The van der Waals surface area contributed by atoms with Crippen molar-refractivity contribution >= 4 is 17.1 Å². The molecule has 6 heteroatoms. The predicted molar refractivity (Wildman–Crippen MR) is 221 cm³/mol. The minimum absolute atomic E-state index is 0. The molecule has 0 amide bonds. The maximum atomic E-state index is 5.54. The van der Waals surface area contributed by atoms with Crippen molar-refractivity contribution < 1.29 is 21.1 Å². The van der Waals surface area contributed by atoms with Crippen LogP contribution >= 0.6 is 0 Å². The van der Waals surface area contributed by atoms with Crippen LogP contribution in [-0.4, -0.2) is 19.3 Å². The molecule has 1 aliphatic heterocycles. The standard InChI is InChI=1S/C49H41N5.Pt/c1-32-28-33(2)44(34(3)29-32)45-46(35-16-9-7-10-17-35)51-54(47(45)36-18-11-8-12-19-36)39-24-25-41-43(31-39)53(42-23-14-13-22-40(42)49(41,4)5)38-21-15-20-37(30-38)48-50-26-27-52(48)6;/h7-29H,1-6H3;/q-2;+2. The van der Waals surface area contributed by atoms with E-state index in [4.69, 9.17) is 5.10 Å². The molecule has 8 aromatic rings. The van der Waals surface area contributed by atoms with E-state index in [0.717, 1.165) is 62.2 Å². The third kappa shape index (κ3) is 6.08. The Morgan fingerprint density at radius 1 is 0.636 bits per heavy atom. The van der Waals surface area contributed by atoms with Crippen molar-refractivity contribution in [1.82, 2.24) is 19.3 Å². The van der Waals surface area contributed by atoms with Gasteiger partial charge in [0, 0.05) is 41.8 Å². The molecular weight excluding hydrogens is 854 g/mol. The first-order valence-corrected chi connectivity index (χ1v) is 18.5. The van der Waals surface area contributed by atoms with Gasteiger partial charge in [-0.1, -0.05) is 116 Å². The molecule has 6 aromatic carbocycles. The number of aryl methyl sites for hydroxylation is 4. The van der Waals surface area contributed by atoms with Crippen LogP contribution in [0.3, 0.4) is 0 Å². The van der Waals surface area contributed by atoms with Crippen LogP contribution in [0.25, 0.3) is 50.7 Å². The van der Waals surface area contributed by atoms with Crippen LogP contribution in [0.5, 0.6) is 0 Å². The Kier molecular flexibility index (Phi) is 9.31. The van der Waals surface area contributed by atoms with E-state index in [1.54, 1.807) is 0 Å². The molecule has 0 N–H and O–H groups in total. The van der Waals surface area contributed by atoms with Crippen molar-refractivity contribution in [2.45, 2.75) is 40.0 Å². The summed E-state index contributed by atoms with van der Waals surface area (Å²) < 4.78 is 4.15.